The van der Waals surface area contributed by atoms with E-state index in [1.54, 1.807) is 69.7 Å². The number of urea groups is 1. The highest BCUT2D eigenvalue weighted by Crippen LogP contribution is 2.27. The van der Waals surface area contributed by atoms with Crippen LogP contribution in [0.15, 0.2) is 36.5 Å². The molecular weight excluding hydrogens is 388 g/mol. The molecule has 1 saturated heterocycles. The number of benzene rings is 1. The number of carbonyl (C=O) groups is 2. The van der Waals surface area contributed by atoms with E-state index < -0.39 is 0 Å². The van der Waals surface area contributed by atoms with E-state index in [4.69, 9.17) is 14.2 Å². The van der Waals surface area contributed by atoms with Crippen LogP contribution in [0.4, 0.5) is 10.5 Å². The SMILES string of the molecule is COc1cc(NC(=O)N2CCC(Oc3ncccc3C(=O)N(C)C)C2)cc(OC)c1. The smallest absolute Gasteiger partial charge is 0.321 e. The van der Waals surface area contributed by atoms with Gasteiger partial charge >= 0.3 is 6.03 Å². The fraction of sp³-hybridized carbons (Fsp3) is 0.381. The van der Waals surface area contributed by atoms with Crippen molar-refractivity contribution in [2.75, 3.05) is 46.7 Å². The van der Waals surface area contributed by atoms with Gasteiger partial charge in [-0.05, 0) is 12.1 Å². The van der Waals surface area contributed by atoms with E-state index in [9.17, 15) is 9.59 Å². The molecule has 3 amide bonds. The predicted molar refractivity (Wildman–Crippen MR) is 111 cm³/mol. The van der Waals surface area contributed by atoms with Crippen LogP contribution in [-0.2, 0) is 0 Å². The average molecular weight is 414 g/mol. The van der Waals surface area contributed by atoms with Gasteiger partial charge in [-0.2, -0.15) is 0 Å². The first-order valence-corrected chi connectivity index (χ1v) is 9.53. The number of aromatic nitrogens is 1. The molecule has 160 valence electrons. The minimum absolute atomic E-state index is 0.183. The molecule has 1 aromatic heterocycles. The van der Waals surface area contributed by atoms with Gasteiger partial charge in [-0.3, -0.25) is 4.79 Å². The fourth-order valence-corrected chi connectivity index (χ4v) is 3.14. The number of pyridine rings is 1. The Balaban J connectivity index is 1.64. The summed E-state index contributed by atoms with van der Waals surface area (Å²) in [5.74, 6) is 1.26. The van der Waals surface area contributed by atoms with E-state index in [-0.39, 0.29) is 23.9 Å². The number of ether oxygens (including phenoxy) is 3. The minimum atomic E-state index is -0.251. The second-order valence-electron chi connectivity index (χ2n) is 7.06. The first kappa shape index (κ1) is 21.2. The van der Waals surface area contributed by atoms with Crippen LogP contribution in [0.3, 0.4) is 0 Å². The number of anilines is 1. The van der Waals surface area contributed by atoms with E-state index in [0.29, 0.717) is 42.3 Å². The van der Waals surface area contributed by atoms with E-state index >= 15 is 0 Å². The monoisotopic (exact) mass is 414 g/mol. The van der Waals surface area contributed by atoms with Crippen molar-refractivity contribution in [3.8, 4) is 17.4 Å². The van der Waals surface area contributed by atoms with Crippen molar-refractivity contribution in [3.63, 3.8) is 0 Å². The Hall–Kier alpha value is -3.49. The van der Waals surface area contributed by atoms with Crippen molar-refractivity contribution in [1.82, 2.24) is 14.8 Å². The molecule has 0 bridgehead atoms. The maximum atomic E-state index is 12.7. The molecule has 1 aromatic carbocycles. The first-order chi connectivity index (χ1) is 14.4. The lowest BCUT2D eigenvalue weighted by Crippen LogP contribution is -2.34. The Kier molecular flexibility index (Phi) is 6.61. The van der Waals surface area contributed by atoms with Gasteiger partial charge in [0.15, 0.2) is 0 Å². The number of hydrogen-bond acceptors (Lipinski definition) is 6. The highest BCUT2D eigenvalue weighted by molar-refractivity contribution is 5.96. The third kappa shape index (κ3) is 4.91. The van der Waals surface area contributed by atoms with Gasteiger partial charge in [-0.1, -0.05) is 0 Å². The van der Waals surface area contributed by atoms with Gasteiger partial charge in [0.1, 0.15) is 23.2 Å². The van der Waals surface area contributed by atoms with E-state index in [1.165, 1.54) is 4.90 Å². The summed E-state index contributed by atoms with van der Waals surface area (Å²) in [6, 6.07) is 8.30. The quantitative estimate of drug-likeness (QED) is 0.781. The van der Waals surface area contributed by atoms with Gasteiger partial charge < -0.3 is 29.3 Å². The zero-order valence-corrected chi connectivity index (χ0v) is 17.5. The van der Waals surface area contributed by atoms with Crippen LogP contribution >= 0.6 is 0 Å². The number of amides is 3. The van der Waals surface area contributed by atoms with Crippen molar-refractivity contribution in [2.45, 2.75) is 12.5 Å². The lowest BCUT2D eigenvalue weighted by atomic mass is 10.2. The highest BCUT2D eigenvalue weighted by Gasteiger charge is 2.29. The minimum Gasteiger partial charge on any atom is -0.497 e. The summed E-state index contributed by atoms with van der Waals surface area (Å²) in [6.45, 7) is 0.917. The number of hydrogen-bond donors (Lipinski definition) is 1. The molecular formula is C21H26N4O5. The molecule has 0 saturated carbocycles. The Morgan fingerprint density at radius 3 is 2.50 bits per heavy atom. The Morgan fingerprint density at radius 1 is 1.17 bits per heavy atom. The van der Waals surface area contributed by atoms with Crippen molar-refractivity contribution in [2.24, 2.45) is 0 Å². The van der Waals surface area contributed by atoms with Crippen LogP contribution in [0.2, 0.25) is 0 Å². The molecule has 3 rings (SSSR count). The molecule has 1 unspecified atom stereocenters. The maximum Gasteiger partial charge on any atom is 0.321 e. The number of methoxy groups -OCH3 is 2. The number of likely N-dealkylation sites (tertiary alicyclic amines) is 1. The average Bonchev–Trinajstić information content (AvgIpc) is 3.22. The van der Waals surface area contributed by atoms with Crippen molar-refractivity contribution in [1.29, 1.82) is 0 Å². The normalized spacial score (nSPS) is 15.5. The molecule has 1 N–H and O–H groups in total. The van der Waals surface area contributed by atoms with Crippen LogP contribution in [-0.4, -0.2) is 74.2 Å². The summed E-state index contributed by atoms with van der Waals surface area (Å²) in [5, 5.41) is 2.86. The van der Waals surface area contributed by atoms with Crippen molar-refractivity contribution in [3.05, 3.63) is 42.1 Å². The first-order valence-electron chi connectivity index (χ1n) is 9.53. The van der Waals surface area contributed by atoms with Gasteiger partial charge in [0.05, 0.1) is 20.8 Å². The van der Waals surface area contributed by atoms with E-state index in [2.05, 4.69) is 10.3 Å². The Bertz CT molecular complexity index is 896. The number of nitrogens with one attached hydrogen (secondary N) is 1. The van der Waals surface area contributed by atoms with Crippen LogP contribution in [0.5, 0.6) is 17.4 Å². The van der Waals surface area contributed by atoms with Gasteiger partial charge in [0, 0.05) is 57.1 Å². The number of nitrogens with zero attached hydrogens (tertiary/aromatic N) is 3. The van der Waals surface area contributed by atoms with Gasteiger partial charge in [-0.25, -0.2) is 9.78 Å². The zero-order chi connectivity index (χ0) is 21.7. The third-order valence-corrected chi connectivity index (χ3v) is 4.72. The summed E-state index contributed by atoms with van der Waals surface area (Å²) in [4.78, 5) is 32.3. The van der Waals surface area contributed by atoms with Crippen molar-refractivity contribution >= 4 is 17.6 Å². The third-order valence-electron chi connectivity index (χ3n) is 4.72. The Labute approximate surface area is 175 Å². The molecule has 2 heterocycles. The zero-order valence-electron chi connectivity index (χ0n) is 17.5. The molecule has 9 nitrogen and oxygen atoms in total. The maximum absolute atomic E-state index is 12.7. The molecule has 1 aliphatic heterocycles. The van der Waals surface area contributed by atoms with Gasteiger partial charge in [0.25, 0.3) is 5.91 Å². The molecule has 30 heavy (non-hydrogen) atoms. The second kappa shape index (κ2) is 9.34. The second-order valence-corrected chi connectivity index (χ2v) is 7.06. The van der Waals surface area contributed by atoms with Crippen LogP contribution in [0.25, 0.3) is 0 Å². The van der Waals surface area contributed by atoms with Crippen LogP contribution < -0.4 is 19.5 Å². The van der Waals surface area contributed by atoms with Crippen LogP contribution in [0.1, 0.15) is 16.8 Å². The number of carbonyl (C=O) groups excluding carboxylic acids is 2. The van der Waals surface area contributed by atoms with E-state index in [1.807, 2.05) is 0 Å². The summed E-state index contributed by atoms with van der Waals surface area (Å²) < 4.78 is 16.4. The fourth-order valence-electron chi connectivity index (χ4n) is 3.14. The van der Waals surface area contributed by atoms with Crippen molar-refractivity contribution < 1.29 is 23.8 Å². The predicted octanol–water partition coefficient (Wildman–Crippen LogP) is 2.49. The lowest BCUT2D eigenvalue weighted by Gasteiger charge is -2.19. The largest absolute Gasteiger partial charge is 0.497 e. The molecule has 2 aromatic rings. The van der Waals surface area contributed by atoms with Gasteiger partial charge in [-0.15, -0.1) is 0 Å². The highest BCUT2D eigenvalue weighted by atomic mass is 16.5. The molecule has 0 radical (unpaired) electrons. The molecule has 1 fully saturated rings. The molecule has 9 heteroatoms. The molecule has 1 aliphatic rings. The topological polar surface area (TPSA) is 93.2 Å². The molecule has 0 spiro atoms. The lowest BCUT2D eigenvalue weighted by molar-refractivity contribution is 0.0818. The van der Waals surface area contributed by atoms with Gasteiger partial charge in [0.2, 0.25) is 5.88 Å². The standard InChI is InChI=1S/C21H26N4O5/c1-24(2)20(26)18-6-5-8-22-19(18)30-15-7-9-25(13-15)21(27)23-14-10-16(28-3)12-17(11-14)29-4/h5-6,8,10-12,15H,7,9,13H2,1-4H3,(H,23,27). The summed E-state index contributed by atoms with van der Waals surface area (Å²) in [7, 11) is 6.45. The summed E-state index contributed by atoms with van der Waals surface area (Å²) in [5.41, 5.74) is 0.970. The summed E-state index contributed by atoms with van der Waals surface area (Å²) >= 11 is 0. The summed E-state index contributed by atoms with van der Waals surface area (Å²) in [6.07, 6.45) is 1.97. The Morgan fingerprint density at radius 2 is 1.87 bits per heavy atom. The van der Waals surface area contributed by atoms with Crippen LogP contribution in [0, 0.1) is 0 Å². The van der Waals surface area contributed by atoms with E-state index in [0.717, 1.165) is 0 Å². The number of rotatable bonds is 6. The molecule has 0 aliphatic carbocycles. The molecule has 1 atom stereocenters.